The van der Waals surface area contributed by atoms with Crippen LogP contribution in [0.4, 0.5) is 0 Å². The van der Waals surface area contributed by atoms with Gasteiger partial charge in [0.25, 0.3) is 0 Å². The summed E-state index contributed by atoms with van der Waals surface area (Å²) in [4.78, 5) is 7.19. The van der Waals surface area contributed by atoms with E-state index in [9.17, 15) is 5.11 Å². The van der Waals surface area contributed by atoms with E-state index in [4.69, 9.17) is 0 Å². The molecule has 1 heterocycles. The lowest BCUT2D eigenvalue weighted by Crippen LogP contribution is -2.45. The maximum atomic E-state index is 10.3. The Hall–Kier alpha value is -0.860. The first-order valence-corrected chi connectivity index (χ1v) is 9.74. The monoisotopic (exact) mass is 472 g/mol. The van der Waals surface area contributed by atoms with Gasteiger partial charge in [0.15, 0.2) is 5.96 Å². The zero-order valence-corrected chi connectivity index (χ0v) is 18.1. The van der Waals surface area contributed by atoms with Crippen molar-refractivity contribution in [2.24, 2.45) is 4.99 Å². The van der Waals surface area contributed by atoms with Crippen molar-refractivity contribution in [3.63, 3.8) is 0 Å². The van der Waals surface area contributed by atoms with Gasteiger partial charge in [-0.2, -0.15) is 0 Å². The van der Waals surface area contributed by atoms with Gasteiger partial charge in [-0.25, -0.2) is 0 Å². The lowest BCUT2D eigenvalue weighted by atomic mass is 9.80. The van der Waals surface area contributed by atoms with Crippen LogP contribution in [0, 0.1) is 0 Å². The molecule has 1 atom stereocenters. The first kappa shape index (κ1) is 21.4. The molecule has 2 aliphatic rings. The molecule has 5 nitrogen and oxygen atoms in total. The van der Waals surface area contributed by atoms with Gasteiger partial charge in [-0.1, -0.05) is 30.3 Å². The van der Waals surface area contributed by atoms with Crippen molar-refractivity contribution in [2.75, 3.05) is 32.7 Å². The zero-order valence-electron chi connectivity index (χ0n) is 15.8. The number of hydrogen-bond donors (Lipinski definition) is 3. The van der Waals surface area contributed by atoms with Crippen LogP contribution in [0.2, 0.25) is 0 Å². The van der Waals surface area contributed by atoms with Gasteiger partial charge in [0.05, 0.1) is 18.2 Å². The van der Waals surface area contributed by atoms with E-state index in [1.54, 1.807) is 0 Å². The number of benzene rings is 1. The summed E-state index contributed by atoms with van der Waals surface area (Å²) in [6.07, 6.45) is 5.42. The maximum absolute atomic E-state index is 10.3. The summed E-state index contributed by atoms with van der Waals surface area (Å²) < 4.78 is 0. The molecule has 6 heteroatoms. The molecule has 1 aliphatic carbocycles. The van der Waals surface area contributed by atoms with E-state index >= 15 is 0 Å². The second kappa shape index (κ2) is 10.5. The fourth-order valence-electron chi connectivity index (χ4n) is 3.69. The molecule has 2 fully saturated rings. The topological polar surface area (TPSA) is 59.9 Å². The Labute approximate surface area is 174 Å². The Balaban J connectivity index is 0.00000243. The Bertz CT molecular complexity index is 556. The molecule has 1 aliphatic heterocycles. The van der Waals surface area contributed by atoms with Crippen molar-refractivity contribution in [1.29, 1.82) is 0 Å². The highest BCUT2D eigenvalue weighted by Crippen LogP contribution is 2.31. The van der Waals surface area contributed by atoms with Gasteiger partial charge >= 0.3 is 0 Å². The fourth-order valence-corrected chi connectivity index (χ4v) is 3.69. The van der Waals surface area contributed by atoms with E-state index < -0.39 is 5.60 Å². The number of rotatable bonds is 7. The first-order valence-electron chi connectivity index (χ1n) is 9.74. The Kier molecular flexibility index (Phi) is 8.63. The van der Waals surface area contributed by atoms with Gasteiger partial charge in [-0.3, -0.25) is 9.89 Å². The van der Waals surface area contributed by atoms with Crippen LogP contribution in [0.1, 0.15) is 50.6 Å². The molecular weight excluding hydrogens is 439 g/mol. The molecule has 0 aromatic heterocycles. The van der Waals surface area contributed by atoms with Crippen molar-refractivity contribution in [3.8, 4) is 0 Å². The van der Waals surface area contributed by atoms with Crippen molar-refractivity contribution < 1.29 is 5.11 Å². The van der Waals surface area contributed by atoms with Crippen LogP contribution >= 0.6 is 24.0 Å². The van der Waals surface area contributed by atoms with Crippen LogP contribution in [0.15, 0.2) is 35.3 Å². The third kappa shape index (κ3) is 5.82. The van der Waals surface area contributed by atoms with Crippen LogP contribution in [0.5, 0.6) is 0 Å². The number of aliphatic imine (C=N–C) groups is 1. The van der Waals surface area contributed by atoms with Gasteiger partial charge in [0.1, 0.15) is 0 Å². The molecule has 1 aromatic carbocycles. The smallest absolute Gasteiger partial charge is 0.191 e. The van der Waals surface area contributed by atoms with Crippen LogP contribution in [0.25, 0.3) is 0 Å². The lowest BCUT2D eigenvalue weighted by Gasteiger charge is -2.35. The SMILES string of the molecule is CCNC(=NCC1(O)CCC1)NCC(c1ccccc1)N1CCCC1.I. The Morgan fingerprint density at radius 2 is 1.85 bits per heavy atom. The molecule has 0 amide bonds. The van der Waals surface area contributed by atoms with E-state index in [2.05, 4.69) is 57.8 Å². The number of likely N-dealkylation sites (tertiary alicyclic amines) is 1. The summed E-state index contributed by atoms with van der Waals surface area (Å²) in [5.74, 6) is 0.808. The highest BCUT2D eigenvalue weighted by Gasteiger charge is 2.34. The molecule has 1 unspecified atom stereocenters. The van der Waals surface area contributed by atoms with Gasteiger partial charge < -0.3 is 15.7 Å². The molecule has 146 valence electrons. The highest BCUT2D eigenvalue weighted by atomic mass is 127. The summed E-state index contributed by atoms with van der Waals surface area (Å²) in [5, 5.41) is 17.1. The second-order valence-electron chi connectivity index (χ2n) is 7.32. The molecule has 3 N–H and O–H groups in total. The van der Waals surface area contributed by atoms with E-state index in [-0.39, 0.29) is 24.0 Å². The maximum Gasteiger partial charge on any atom is 0.191 e. The minimum Gasteiger partial charge on any atom is -0.388 e. The zero-order chi connectivity index (χ0) is 17.5. The van der Waals surface area contributed by atoms with Gasteiger partial charge in [-0.15, -0.1) is 24.0 Å². The van der Waals surface area contributed by atoms with Crippen LogP contribution < -0.4 is 10.6 Å². The number of nitrogens with one attached hydrogen (secondary N) is 2. The lowest BCUT2D eigenvalue weighted by molar-refractivity contribution is -0.0236. The summed E-state index contributed by atoms with van der Waals surface area (Å²) >= 11 is 0. The predicted molar refractivity (Wildman–Crippen MR) is 118 cm³/mol. The highest BCUT2D eigenvalue weighted by molar-refractivity contribution is 14.0. The fraction of sp³-hybridized carbons (Fsp3) is 0.650. The number of halogens is 1. The Morgan fingerprint density at radius 1 is 1.15 bits per heavy atom. The van der Waals surface area contributed by atoms with Crippen molar-refractivity contribution in [3.05, 3.63) is 35.9 Å². The molecule has 0 radical (unpaired) electrons. The molecular formula is C20H33IN4O. The minimum atomic E-state index is -0.573. The number of aliphatic hydroxyl groups is 1. The summed E-state index contributed by atoms with van der Waals surface area (Å²) in [5.41, 5.74) is 0.779. The van der Waals surface area contributed by atoms with E-state index in [1.807, 2.05) is 0 Å². The molecule has 1 aromatic rings. The van der Waals surface area contributed by atoms with Gasteiger partial charge in [0.2, 0.25) is 0 Å². The third-order valence-corrected chi connectivity index (χ3v) is 5.39. The second-order valence-corrected chi connectivity index (χ2v) is 7.32. The normalized spacial score (nSPS) is 20.8. The standard InChI is InChI=1S/C20H32N4O.HI/c1-2-21-19(23-16-20(25)11-8-12-20)22-15-18(24-13-6-7-14-24)17-9-4-3-5-10-17;/h3-5,9-10,18,25H,2,6-8,11-16H2,1H3,(H2,21,22,23);1H. The molecule has 0 bridgehead atoms. The van der Waals surface area contributed by atoms with E-state index in [0.717, 1.165) is 51.4 Å². The molecule has 26 heavy (non-hydrogen) atoms. The van der Waals surface area contributed by atoms with Gasteiger partial charge in [-0.05, 0) is 57.7 Å². The van der Waals surface area contributed by atoms with E-state index in [0.29, 0.717) is 12.6 Å². The van der Waals surface area contributed by atoms with Crippen LogP contribution in [-0.2, 0) is 0 Å². The summed E-state index contributed by atoms with van der Waals surface area (Å²) in [6, 6.07) is 11.1. The quantitative estimate of drug-likeness (QED) is 0.325. The van der Waals surface area contributed by atoms with Gasteiger partial charge in [0, 0.05) is 13.1 Å². The third-order valence-electron chi connectivity index (χ3n) is 5.39. The molecule has 3 rings (SSSR count). The Morgan fingerprint density at radius 3 is 2.42 bits per heavy atom. The number of guanidine groups is 1. The molecule has 0 spiro atoms. The summed E-state index contributed by atoms with van der Waals surface area (Å²) in [6.45, 7) is 6.54. The average Bonchev–Trinajstić information content (AvgIpc) is 3.13. The van der Waals surface area contributed by atoms with Crippen molar-refractivity contribution in [1.82, 2.24) is 15.5 Å². The first-order chi connectivity index (χ1) is 12.2. The number of nitrogens with zero attached hydrogens (tertiary/aromatic N) is 2. The minimum absolute atomic E-state index is 0. The van der Waals surface area contributed by atoms with E-state index in [1.165, 1.54) is 18.4 Å². The summed E-state index contributed by atoms with van der Waals surface area (Å²) in [7, 11) is 0. The molecule has 1 saturated heterocycles. The van der Waals surface area contributed by atoms with Crippen molar-refractivity contribution >= 4 is 29.9 Å². The number of hydrogen-bond acceptors (Lipinski definition) is 3. The largest absolute Gasteiger partial charge is 0.388 e. The van der Waals surface area contributed by atoms with Crippen LogP contribution in [-0.4, -0.2) is 54.3 Å². The van der Waals surface area contributed by atoms with Crippen LogP contribution in [0.3, 0.4) is 0 Å². The average molecular weight is 472 g/mol. The predicted octanol–water partition coefficient (Wildman–Crippen LogP) is 2.91. The molecule has 1 saturated carbocycles. The van der Waals surface area contributed by atoms with Crippen molar-refractivity contribution in [2.45, 2.75) is 50.7 Å².